The average molecular weight is 405 g/mol. The molecule has 0 bridgehead atoms. The van der Waals surface area contributed by atoms with E-state index in [1.54, 1.807) is 40.1 Å². The molecule has 3 rings (SSSR count). The highest BCUT2D eigenvalue weighted by Gasteiger charge is 2.26. The fraction of sp³-hybridized carbons (Fsp3) is 0.300. The molecule has 0 saturated carbocycles. The predicted octanol–water partition coefficient (Wildman–Crippen LogP) is 2.42. The number of carbonyl (C=O) groups is 2. The Bertz CT molecular complexity index is 848. The van der Waals surface area contributed by atoms with E-state index in [1.165, 1.54) is 19.2 Å². The average Bonchev–Trinajstić information content (AvgIpc) is 2.72. The Morgan fingerprint density at radius 2 is 1.61 bits per heavy atom. The first-order valence-electron chi connectivity index (χ1n) is 8.80. The van der Waals surface area contributed by atoms with Crippen LogP contribution in [0.2, 0.25) is 5.02 Å². The third kappa shape index (κ3) is 4.67. The van der Waals surface area contributed by atoms with Crippen LogP contribution in [-0.4, -0.2) is 66.6 Å². The van der Waals surface area contributed by atoms with Gasteiger partial charge in [-0.15, -0.1) is 0 Å². The lowest BCUT2D eigenvalue weighted by atomic mass is 10.1. The summed E-state index contributed by atoms with van der Waals surface area (Å²) in [4.78, 5) is 28.2. The molecule has 1 aliphatic rings. The number of benzene rings is 2. The van der Waals surface area contributed by atoms with Crippen LogP contribution in [0.15, 0.2) is 42.5 Å². The molecule has 2 aromatic carbocycles. The standard InChI is InChI=1S/C20H21ClN2O5/c1-27-16-6-7-17(18(24)12-16)20(26)23-10-8-22(9-11-23)19(25)13-28-15-4-2-14(21)3-5-15/h2-7,12,24H,8-11,13H2,1H3. The molecule has 0 radical (unpaired) electrons. The number of aromatic hydroxyl groups is 1. The van der Waals surface area contributed by atoms with E-state index in [0.717, 1.165) is 0 Å². The van der Waals surface area contributed by atoms with E-state index in [2.05, 4.69) is 0 Å². The molecule has 1 heterocycles. The maximum absolute atomic E-state index is 12.6. The number of methoxy groups -OCH3 is 1. The minimum absolute atomic E-state index is 0.0746. The number of phenolic OH excluding ortho intramolecular Hbond substituents is 1. The summed E-state index contributed by atoms with van der Waals surface area (Å²) < 4.78 is 10.5. The lowest BCUT2D eigenvalue weighted by Crippen LogP contribution is -2.51. The Kier molecular flexibility index (Phi) is 6.26. The molecule has 1 fully saturated rings. The van der Waals surface area contributed by atoms with Gasteiger partial charge in [0.25, 0.3) is 11.8 Å². The van der Waals surface area contributed by atoms with Crippen LogP contribution >= 0.6 is 11.6 Å². The molecule has 0 aromatic heterocycles. The number of amides is 2. The number of nitrogens with zero attached hydrogens (tertiary/aromatic N) is 2. The number of phenols is 1. The van der Waals surface area contributed by atoms with Crippen molar-refractivity contribution in [2.24, 2.45) is 0 Å². The van der Waals surface area contributed by atoms with Crippen molar-refractivity contribution in [3.8, 4) is 17.2 Å². The van der Waals surface area contributed by atoms with Crippen LogP contribution in [0.1, 0.15) is 10.4 Å². The Labute approximate surface area is 168 Å². The van der Waals surface area contributed by atoms with Crippen LogP contribution in [0.3, 0.4) is 0 Å². The Morgan fingerprint density at radius 1 is 1.00 bits per heavy atom. The van der Waals surface area contributed by atoms with Crippen LogP contribution in [0.5, 0.6) is 17.2 Å². The summed E-state index contributed by atoms with van der Waals surface area (Å²) in [6, 6.07) is 11.4. The van der Waals surface area contributed by atoms with Crippen molar-refractivity contribution in [1.29, 1.82) is 0 Å². The smallest absolute Gasteiger partial charge is 0.260 e. The van der Waals surface area contributed by atoms with Crippen LogP contribution < -0.4 is 9.47 Å². The van der Waals surface area contributed by atoms with Gasteiger partial charge in [-0.2, -0.15) is 0 Å². The summed E-state index contributed by atoms with van der Waals surface area (Å²) in [6.07, 6.45) is 0. The molecule has 7 nitrogen and oxygen atoms in total. The second-order valence-corrected chi connectivity index (χ2v) is 6.74. The first kappa shape index (κ1) is 19.8. The van der Waals surface area contributed by atoms with Crippen molar-refractivity contribution in [3.05, 3.63) is 53.1 Å². The maximum Gasteiger partial charge on any atom is 0.260 e. The molecule has 8 heteroatoms. The zero-order valence-corrected chi connectivity index (χ0v) is 16.2. The van der Waals surface area contributed by atoms with Gasteiger partial charge < -0.3 is 24.4 Å². The summed E-state index contributed by atoms with van der Waals surface area (Å²) in [6.45, 7) is 1.51. The van der Waals surface area contributed by atoms with Gasteiger partial charge >= 0.3 is 0 Å². The van der Waals surface area contributed by atoms with E-state index in [4.69, 9.17) is 21.1 Å². The minimum atomic E-state index is -0.273. The quantitative estimate of drug-likeness (QED) is 0.827. The zero-order chi connectivity index (χ0) is 20.1. The minimum Gasteiger partial charge on any atom is -0.507 e. The van der Waals surface area contributed by atoms with Gasteiger partial charge in [0.05, 0.1) is 12.7 Å². The summed E-state index contributed by atoms with van der Waals surface area (Å²) in [5.74, 6) is 0.505. The molecule has 0 aliphatic carbocycles. The van der Waals surface area contributed by atoms with Gasteiger partial charge in [0, 0.05) is 37.3 Å². The maximum atomic E-state index is 12.6. The van der Waals surface area contributed by atoms with Crippen LogP contribution in [0.25, 0.3) is 0 Å². The topological polar surface area (TPSA) is 79.3 Å². The van der Waals surface area contributed by atoms with Gasteiger partial charge in [0.2, 0.25) is 0 Å². The van der Waals surface area contributed by atoms with Gasteiger partial charge in [-0.25, -0.2) is 0 Å². The highest BCUT2D eigenvalue weighted by atomic mass is 35.5. The van der Waals surface area contributed by atoms with Crippen LogP contribution in [0.4, 0.5) is 0 Å². The molecular weight excluding hydrogens is 384 g/mol. The normalized spacial score (nSPS) is 13.9. The lowest BCUT2D eigenvalue weighted by molar-refractivity contribution is -0.134. The summed E-state index contributed by atoms with van der Waals surface area (Å²) in [5.41, 5.74) is 0.214. The van der Waals surface area contributed by atoms with E-state index in [1.807, 2.05) is 0 Å². The monoisotopic (exact) mass is 404 g/mol. The number of hydrogen-bond acceptors (Lipinski definition) is 5. The van der Waals surface area contributed by atoms with Crippen molar-refractivity contribution < 1.29 is 24.2 Å². The largest absolute Gasteiger partial charge is 0.507 e. The first-order chi connectivity index (χ1) is 13.5. The molecule has 148 valence electrons. The molecule has 1 aliphatic heterocycles. The van der Waals surface area contributed by atoms with E-state index < -0.39 is 0 Å². The van der Waals surface area contributed by atoms with Gasteiger partial charge in [0.15, 0.2) is 6.61 Å². The molecular formula is C20H21ClN2O5. The third-order valence-corrected chi connectivity index (χ3v) is 4.78. The van der Waals surface area contributed by atoms with Gasteiger partial charge in [0.1, 0.15) is 17.2 Å². The van der Waals surface area contributed by atoms with E-state index >= 15 is 0 Å². The number of rotatable bonds is 5. The van der Waals surface area contributed by atoms with Crippen molar-refractivity contribution in [2.45, 2.75) is 0 Å². The molecule has 1 saturated heterocycles. The Balaban J connectivity index is 1.51. The number of hydrogen-bond donors (Lipinski definition) is 1. The fourth-order valence-corrected chi connectivity index (χ4v) is 3.04. The van der Waals surface area contributed by atoms with Crippen molar-refractivity contribution in [1.82, 2.24) is 9.80 Å². The second-order valence-electron chi connectivity index (χ2n) is 6.30. The highest BCUT2D eigenvalue weighted by Crippen LogP contribution is 2.25. The zero-order valence-electron chi connectivity index (χ0n) is 15.4. The van der Waals surface area contributed by atoms with Crippen LogP contribution in [-0.2, 0) is 4.79 Å². The number of halogens is 1. The van der Waals surface area contributed by atoms with Crippen LogP contribution in [0, 0.1) is 0 Å². The SMILES string of the molecule is COc1ccc(C(=O)N2CCN(C(=O)COc3ccc(Cl)cc3)CC2)c(O)c1. The molecule has 0 unspecified atom stereocenters. The summed E-state index contributed by atoms with van der Waals surface area (Å²) in [7, 11) is 1.49. The fourth-order valence-electron chi connectivity index (χ4n) is 2.92. The molecule has 2 aromatic rings. The Hall–Kier alpha value is -2.93. The van der Waals surface area contributed by atoms with E-state index in [-0.39, 0.29) is 29.7 Å². The Morgan fingerprint density at radius 3 is 2.21 bits per heavy atom. The molecule has 2 amide bonds. The second kappa shape index (κ2) is 8.84. The van der Waals surface area contributed by atoms with Crippen molar-refractivity contribution in [2.75, 3.05) is 39.9 Å². The number of piperazine rings is 1. The molecule has 1 N–H and O–H groups in total. The summed E-state index contributed by atoms with van der Waals surface area (Å²) >= 11 is 5.82. The molecule has 0 atom stereocenters. The number of ether oxygens (including phenoxy) is 2. The van der Waals surface area contributed by atoms with E-state index in [9.17, 15) is 14.7 Å². The first-order valence-corrected chi connectivity index (χ1v) is 9.18. The van der Waals surface area contributed by atoms with E-state index in [0.29, 0.717) is 42.7 Å². The van der Waals surface area contributed by atoms with Gasteiger partial charge in [-0.05, 0) is 36.4 Å². The third-order valence-electron chi connectivity index (χ3n) is 4.53. The van der Waals surface area contributed by atoms with Crippen molar-refractivity contribution in [3.63, 3.8) is 0 Å². The highest BCUT2D eigenvalue weighted by molar-refractivity contribution is 6.30. The summed E-state index contributed by atoms with van der Waals surface area (Å²) in [5, 5.41) is 10.6. The van der Waals surface area contributed by atoms with Crippen molar-refractivity contribution >= 4 is 23.4 Å². The molecule has 0 spiro atoms. The number of carbonyl (C=O) groups excluding carboxylic acids is 2. The lowest BCUT2D eigenvalue weighted by Gasteiger charge is -2.34. The van der Waals surface area contributed by atoms with Gasteiger partial charge in [-0.3, -0.25) is 9.59 Å². The molecule has 28 heavy (non-hydrogen) atoms. The predicted molar refractivity (Wildman–Crippen MR) is 104 cm³/mol. The van der Waals surface area contributed by atoms with Gasteiger partial charge in [-0.1, -0.05) is 11.6 Å².